The van der Waals surface area contributed by atoms with Crippen LogP contribution in [0.1, 0.15) is 13.8 Å². The smallest absolute Gasteiger partial charge is 0.0858 e. The summed E-state index contributed by atoms with van der Waals surface area (Å²) in [7, 11) is 0. The molecule has 2 rings (SSSR count). The zero-order chi connectivity index (χ0) is 15.2. The van der Waals surface area contributed by atoms with Gasteiger partial charge in [-0.3, -0.25) is 0 Å². The summed E-state index contributed by atoms with van der Waals surface area (Å²) in [5.74, 6) is 0. The van der Waals surface area contributed by atoms with E-state index in [0.29, 0.717) is 0 Å². The molecule has 0 atom stereocenters. The normalized spacial score (nSPS) is 10.8. The zero-order valence-electron chi connectivity index (χ0n) is 12.4. The molecular weight excluding hydrogens is 260 g/mol. The van der Waals surface area contributed by atoms with Crippen molar-refractivity contribution in [1.29, 1.82) is 0 Å². The number of rotatable bonds is 4. The van der Waals surface area contributed by atoms with Gasteiger partial charge in [-0.05, 0) is 38.1 Å². The van der Waals surface area contributed by atoms with E-state index in [0.717, 1.165) is 11.4 Å². The number of hydrogen-bond donors (Lipinski definition) is 0. The minimum atomic E-state index is 0.872. The monoisotopic (exact) mass is 280 g/mol. The molecule has 0 radical (unpaired) electrons. The lowest BCUT2D eigenvalue weighted by Crippen LogP contribution is -1.62. The third-order valence-electron chi connectivity index (χ3n) is 2.22. The molecule has 0 heterocycles. The van der Waals surface area contributed by atoms with Gasteiger partial charge in [-0.1, -0.05) is 48.6 Å². The minimum absolute atomic E-state index is 0.872. The maximum absolute atomic E-state index is 4.77. The summed E-state index contributed by atoms with van der Waals surface area (Å²) in [6.07, 6.45) is 6.92. The Bertz CT molecular complexity index is 509. The van der Waals surface area contributed by atoms with E-state index in [4.69, 9.17) is 4.74 Å². The number of nitrogens with zero attached hydrogens (tertiary/aromatic N) is 2. The van der Waals surface area contributed by atoms with Gasteiger partial charge in [-0.25, -0.2) is 0 Å². The molecule has 0 unspecified atom stereocenters. The maximum Gasteiger partial charge on any atom is 0.0858 e. The predicted octanol–water partition coefficient (Wildman–Crippen LogP) is 6.17. The third kappa shape index (κ3) is 8.16. The van der Waals surface area contributed by atoms with Gasteiger partial charge in [-0.15, -0.1) is 0 Å². The lowest BCUT2D eigenvalue weighted by molar-refractivity contribution is 0.401. The van der Waals surface area contributed by atoms with Crippen LogP contribution >= 0.6 is 0 Å². The van der Waals surface area contributed by atoms with E-state index in [-0.39, 0.29) is 0 Å². The van der Waals surface area contributed by atoms with Gasteiger partial charge in [-0.2, -0.15) is 10.2 Å². The second-order valence-corrected chi connectivity index (χ2v) is 3.95. The number of ether oxygens (including phenoxy) is 1. The van der Waals surface area contributed by atoms with E-state index in [9.17, 15) is 0 Å². The Morgan fingerprint density at radius 1 is 0.667 bits per heavy atom. The van der Waals surface area contributed by atoms with Gasteiger partial charge in [0.25, 0.3) is 0 Å². The van der Waals surface area contributed by atoms with Crippen LogP contribution in [0.25, 0.3) is 0 Å². The highest BCUT2D eigenvalue weighted by Crippen LogP contribution is 2.16. The second-order valence-electron chi connectivity index (χ2n) is 3.95. The molecule has 0 saturated carbocycles. The maximum atomic E-state index is 4.77. The van der Waals surface area contributed by atoms with Crippen molar-refractivity contribution in [2.45, 2.75) is 13.8 Å². The average molecular weight is 280 g/mol. The topological polar surface area (TPSA) is 34.0 Å². The Morgan fingerprint density at radius 2 is 1.05 bits per heavy atom. The molecule has 108 valence electrons. The Morgan fingerprint density at radius 3 is 1.38 bits per heavy atom. The van der Waals surface area contributed by atoms with Gasteiger partial charge in [0.05, 0.1) is 23.9 Å². The van der Waals surface area contributed by atoms with Crippen molar-refractivity contribution in [3.8, 4) is 0 Å². The van der Waals surface area contributed by atoms with Crippen LogP contribution in [0.5, 0.6) is 0 Å². The standard InChI is InChI=1S/C12H10N2.C6H10O/c1-3-7-11(8-4-1)13-14-12-9-5-2-6-10-12;1-3-5-7-6-4-2/h1-10H;3-6H,1-2H3. The summed E-state index contributed by atoms with van der Waals surface area (Å²) in [5.41, 5.74) is 1.74. The van der Waals surface area contributed by atoms with Crippen molar-refractivity contribution in [2.75, 3.05) is 0 Å². The van der Waals surface area contributed by atoms with Gasteiger partial charge in [0, 0.05) is 0 Å². The Hall–Kier alpha value is -2.68. The third-order valence-corrected chi connectivity index (χ3v) is 2.22. The second kappa shape index (κ2) is 11.2. The molecule has 0 spiro atoms. The summed E-state index contributed by atoms with van der Waals surface area (Å²) in [5, 5.41) is 8.20. The highest BCUT2D eigenvalue weighted by atomic mass is 16.5. The summed E-state index contributed by atoms with van der Waals surface area (Å²) >= 11 is 0. The SMILES string of the molecule is CC=COC=CC.c1ccc(N=Nc2ccccc2)cc1. The highest BCUT2D eigenvalue weighted by Gasteiger charge is 1.86. The quantitative estimate of drug-likeness (QED) is 0.487. The van der Waals surface area contributed by atoms with Crippen molar-refractivity contribution >= 4 is 11.4 Å². The first kappa shape index (κ1) is 16.4. The first-order chi connectivity index (χ1) is 10.4. The first-order valence-electron chi connectivity index (χ1n) is 6.76. The van der Waals surface area contributed by atoms with E-state index in [2.05, 4.69) is 10.2 Å². The molecule has 0 amide bonds. The van der Waals surface area contributed by atoms with E-state index in [1.807, 2.05) is 86.7 Å². The molecule has 2 aromatic rings. The van der Waals surface area contributed by atoms with Crippen LogP contribution in [0.2, 0.25) is 0 Å². The molecule has 0 aromatic heterocycles. The average Bonchev–Trinajstić information content (AvgIpc) is 2.56. The van der Waals surface area contributed by atoms with Gasteiger partial charge >= 0.3 is 0 Å². The molecular formula is C18H20N2O. The molecule has 0 saturated heterocycles. The molecule has 0 N–H and O–H groups in total. The molecule has 2 aromatic carbocycles. The number of hydrogen-bond acceptors (Lipinski definition) is 3. The van der Waals surface area contributed by atoms with Crippen LogP contribution in [-0.2, 0) is 4.74 Å². The van der Waals surface area contributed by atoms with Crippen molar-refractivity contribution in [1.82, 2.24) is 0 Å². The Labute approximate surface area is 126 Å². The summed E-state index contributed by atoms with van der Waals surface area (Å²) in [4.78, 5) is 0. The molecule has 0 aliphatic carbocycles. The fourth-order valence-electron chi connectivity index (χ4n) is 1.31. The Balaban J connectivity index is 0.000000270. The van der Waals surface area contributed by atoms with Crippen LogP contribution in [0, 0.1) is 0 Å². The number of benzene rings is 2. The van der Waals surface area contributed by atoms with Crippen LogP contribution in [0.4, 0.5) is 11.4 Å². The van der Waals surface area contributed by atoms with Crippen molar-refractivity contribution < 1.29 is 4.74 Å². The largest absolute Gasteiger partial charge is 0.473 e. The fourth-order valence-corrected chi connectivity index (χ4v) is 1.31. The summed E-state index contributed by atoms with van der Waals surface area (Å²) in [6, 6.07) is 19.4. The van der Waals surface area contributed by atoms with Gasteiger partial charge in [0.2, 0.25) is 0 Å². The van der Waals surface area contributed by atoms with Gasteiger partial charge in [0.1, 0.15) is 0 Å². The first-order valence-corrected chi connectivity index (χ1v) is 6.76. The lowest BCUT2D eigenvalue weighted by atomic mass is 10.3. The molecule has 0 fully saturated rings. The van der Waals surface area contributed by atoms with E-state index in [1.54, 1.807) is 12.5 Å². The summed E-state index contributed by atoms with van der Waals surface area (Å²) < 4.78 is 4.77. The van der Waals surface area contributed by atoms with Crippen LogP contribution < -0.4 is 0 Å². The molecule has 21 heavy (non-hydrogen) atoms. The van der Waals surface area contributed by atoms with Crippen LogP contribution in [0.15, 0.2) is 95.6 Å². The minimum Gasteiger partial charge on any atom is -0.473 e. The zero-order valence-corrected chi connectivity index (χ0v) is 12.4. The van der Waals surface area contributed by atoms with E-state index < -0.39 is 0 Å². The molecule has 3 heteroatoms. The highest BCUT2D eigenvalue weighted by molar-refractivity contribution is 5.39. The van der Waals surface area contributed by atoms with Crippen LogP contribution in [0.3, 0.4) is 0 Å². The molecule has 3 nitrogen and oxygen atoms in total. The van der Waals surface area contributed by atoms with Gasteiger partial charge < -0.3 is 4.74 Å². The van der Waals surface area contributed by atoms with Crippen molar-refractivity contribution in [3.05, 3.63) is 85.3 Å². The molecule has 0 aliphatic heterocycles. The van der Waals surface area contributed by atoms with Crippen LogP contribution in [-0.4, -0.2) is 0 Å². The Kier molecular flexibility index (Phi) is 8.71. The number of azo groups is 1. The van der Waals surface area contributed by atoms with Crippen molar-refractivity contribution in [2.24, 2.45) is 10.2 Å². The molecule has 0 bridgehead atoms. The van der Waals surface area contributed by atoms with Crippen molar-refractivity contribution in [3.63, 3.8) is 0 Å². The van der Waals surface area contributed by atoms with E-state index >= 15 is 0 Å². The lowest BCUT2D eigenvalue weighted by Gasteiger charge is -1.91. The number of allylic oxidation sites excluding steroid dienone is 2. The van der Waals surface area contributed by atoms with E-state index in [1.165, 1.54) is 0 Å². The van der Waals surface area contributed by atoms with Gasteiger partial charge in [0.15, 0.2) is 0 Å². The fraction of sp³-hybridized carbons (Fsp3) is 0.111. The predicted molar refractivity (Wildman–Crippen MR) is 87.8 cm³/mol. The summed E-state index contributed by atoms with van der Waals surface area (Å²) in [6.45, 7) is 3.81. The molecule has 0 aliphatic rings.